The van der Waals surface area contributed by atoms with Crippen LogP contribution in [-0.2, 0) is 5.41 Å². The van der Waals surface area contributed by atoms with Crippen molar-refractivity contribution in [1.29, 1.82) is 0 Å². The molecule has 6 aromatic carbocycles. The Morgan fingerprint density at radius 2 is 0.737 bits per heavy atom. The molecule has 0 aliphatic rings. The van der Waals surface area contributed by atoms with Crippen molar-refractivity contribution >= 4 is 22.1 Å². The molecular weight excluding hydrogens is 693 g/mol. The zero-order valence-corrected chi connectivity index (χ0v) is 35.3. The molecule has 0 spiro atoms. The summed E-state index contributed by atoms with van der Waals surface area (Å²) >= 11 is 0. The van der Waals surface area contributed by atoms with Gasteiger partial charge in [-0.15, -0.1) is 0 Å². The van der Waals surface area contributed by atoms with Crippen LogP contribution in [0.2, 0.25) is 0 Å². The first kappa shape index (κ1) is 38.1. The van der Waals surface area contributed by atoms with Gasteiger partial charge >= 0.3 is 0 Å². The lowest BCUT2D eigenvalue weighted by atomic mass is 9.77. The summed E-state index contributed by atoms with van der Waals surface area (Å²) in [4.78, 5) is 10.7. The van der Waals surface area contributed by atoms with Gasteiger partial charge in [0.1, 0.15) is 11.6 Å². The molecule has 0 fully saturated rings. The summed E-state index contributed by atoms with van der Waals surface area (Å²) in [6, 6.07) is 48.8. The van der Waals surface area contributed by atoms with E-state index in [1.165, 1.54) is 44.8 Å². The van der Waals surface area contributed by atoms with Crippen LogP contribution >= 0.6 is 0 Å². The van der Waals surface area contributed by atoms with Gasteiger partial charge in [-0.1, -0.05) is 166 Å². The topological polar surface area (TPSA) is 35.6 Å². The minimum Gasteiger partial charge on any atom is -0.292 e. The second-order valence-corrected chi connectivity index (χ2v) is 17.5. The van der Waals surface area contributed by atoms with Crippen molar-refractivity contribution in [3.63, 3.8) is 0 Å². The van der Waals surface area contributed by atoms with E-state index in [4.69, 9.17) is 9.97 Å². The van der Waals surface area contributed by atoms with Gasteiger partial charge in [0, 0.05) is 16.5 Å². The fourth-order valence-corrected chi connectivity index (χ4v) is 8.69. The number of hydrogen-bond donors (Lipinski definition) is 0. The Morgan fingerprint density at radius 3 is 1.09 bits per heavy atom. The molecule has 0 aliphatic heterocycles. The summed E-state index contributed by atoms with van der Waals surface area (Å²) < 4.78 is 4.86. The molecule has 0 saturated heterocycles. The van der Waals surface area contributed by atoms with Crippen LogP contribution in [0.1, 0.15) is 126 Å². The van der Waals surface area contributed by atoms with Gasteiger partial charge in [0.25, 0.3) is 0 Å². The second kappa shape index (κ2) is 15.0. The molecule has 0 bridgehead atoms. The molecule has 0 N–H and O–H groups in total. The van der Waals surface area contributed by atoms with E-state index in [9.17, 15) is 0 Å². The van der Waals surface area contributed by atoms with E-state index in [0.717, 1.165) is 44.8 Å². The SMILES string of the molecule is CC(C)c1cccc(C(C)C)c1-n1c(-c2cccc(C(C)(C)c3cccc(-c4nc5ccccc5n4-c4c(C(C)C)cccc4C(C)C)c3)c2)nc2ccccc21. The molecule has 57 heavy (non-hydrogen) atoms. The van der Waals surface area contributed by atoms with Crippen LogP contribution in [0, 0.1) is 0 Å². The van der Waals surface area contributed by atoms with E-state index in [1.54, 1.807) is 0 Å². The van der Waals surface area contributed by atoms with Gasteiger partial charge in [-0.05, 0) is 93.5 Å². The zero-order valence-electron chi connectivity index (χ0n) is 35.3. The Morgan fingerprint density at radius 1 is 0.404 bits per heavy atom. The van der Waals surface area contributed by atoms with Crippen LogP contribution in [0.5, 0.6) is 0 Å². The zero-order chi connectivity index (χ0) is 40.2. The summed E-state index contributed by atoms with van der Waals surface area (Å²) in [5.74, 6) is 3.36. The molecule has 0 radical (unpaired) electrons. The molecule has 8 rings (SSSR count). The molecule has 0 atom stereocenters. The average molecular weight is 749 g/mol. The highest BCUT2D eigenvalue weighted by Crippen LogP contribution is 2.41. The van der Waals surface area contributed by atoms with Crippen LogP contribution in [0.4, 0.5) is 0 Å². The first-order chi connectivity index (χ1) is 27.4. The first-order valence-corrected chi connectivity index (χ1v) is 20.8. The minimum atomic E-state index is -0.322. The standard InChI is InChI=1S/C53H56N4/c1-33(2)41-23-17-24-42(34(3)4)49(41)56-47-29-13-11-27-45(47)54-51(56)37-19-15-21-39(31-37)53(9,10)40-22-16-20-38(32-40)52-55-46-28-12-14-30-48(46)57(52)50-43(35(5)6)25-18-26-44(50)36(7)8/h11-36H,1-10H3. The van der Waals surface area contributed by atoms with Gasteiger partial charge in [0.2, 0.25) is 0 Å². The molecule has 2 heterocycles. The Balaban J connectivity index is 1.28. The lowest BCUT2D eigenvalue weighted by Crippen LogP contribution is -2.19. The van der Waals surface area contributed by atoms with E-state index < -0.39 is 0 Å². The highest BCUT2D eigenvalue weighted by atomic mass is 15.1. The van der Waals surface area contributed by atoms with Crippen molar-refractivity contribution in [2.45, 2.75) is 98.3 Å². The number of imidazole rings is 2. The summed E-state index contributed by atoms with van der Waals surface area (Å²) in [6.07, 6.45) is 0. The van der Waals surface area contributed by atoms with Crippen molar-refractivity contribution in [2.75, 3.05) is 0 Å². The number of rotatable bonds is 10. The molecular formula is C53H56N4. The third-order valence-corrected chi connectivity index (χ3v) is 11.9. The van der Waals surface area contributed by atoms with Crippen molar-refractivity contribution in [3.8, 4) is 34.2 Å². The van der Waals surface area contributed by atoms with Crippen LogP contribution in [-0.4, -0.2) is 19.1 Å². The van der Waals surface area contributed by atoms with Gasteiger partial charge in [-0.25, -0.2) is 9.97 Å². The number of benzene rings is 6. The molecule has 4 heteroatoms. The quantitative estimate of drug-likeness (QED) is 0.140. The van der Waals surface area contributed by atoms with Gasteiger partial charge in [-0.2, -0.15) is 0 Å². The Hall–Kier alpha value is -5.74. The van der Waals surface area contributed by atoms with E-state index in [-0.39, 0.29) is 5.41 Å². The minimum absolute atomic E-state index is 0.322. The van der Waals surface area contributed by atoms with Gasteiger partial charge in [0.05, 0.1) is 33.4 Å². The number of para-hydroxylation sites is 6. The Bertz CT molecular complexity index is 2500. The smallest absolute Gasteiger partial charge is 0.145 e. The summed E-state index contributed by atoms with van der Waals surface area (Å²) in [7, 11) is 0. The highest BCUT2D eigenvalue weighted by molar-refractivity contribution is 5.86. The molecule has 2 aromatic heterocycles. The summed E-state index contributed by atoms with van der Waals surface area (Å²) in [6.45, 7) is 23.0. The molecule has 0 amide bonds. The summed E-state index contributed by atoms with van der Waals surface area (Å²) in [5, 5.41) is 0. The van der Waals surface area contributed by atoms with Crippen LogP contribution < -0.4 is 0 Å². The number of hydrogen-bond acceptors (Lipinski definition) is 2. The van der Waals surface area contributed by atoms with Crippen LogP contribution in [0.15, 0.2) is 133 Å². The van der Waals surface area contributed by atoms with Gasteiger partial charge < -0.3 is 0 Å². The average Bonchev–Trinajstić information content (AvgIpc) is 3.79. The van der Waals surface area contributed by atoms with Gasteiger partial charge in [-0.3, -0.25) is 9.13 Å². The van der Waals surface area contributed by atoms with Crippen molar-refractivity contribution < 1.29 is 0 Å². The van der Waals surface area contributed by atoms with E-state index in [0.29, 0.717) is 23.7 Å². The maximum atomic E-state index is 5.36. The predicted molar refractivity (Wildman–Crippen MR) is 241 cm³/mol. The predicted octanol–water partition coefficient (Wildman–Crippen LogP) is 14.5. The van der Waals surface area contributed by atoms with Crippen molar-refractivity contribution in [3.05, 3.63) is 167 Å². The Labute approximate surface area is 339 Å². The molecule has 4 nitrogen and oxygen atoms in total. The normalized spacial score (nSPS) is 12.3. The highest BCUT2D eigenvalue weighted by Gasteiger charge is 2.28. The third kappa shape index (κ3) is 6.69. The molecule has 0 aliphatic carbocycles. The number of aromatic nitrogens is 4. The van der Waals surface area contributed by atoms with Gasteiger partial charge in [0.15, 0.2) is 0 Å². The Kier molecular flexibility index (Phi) is 10.0. The van der Waals surface area contributed by atoms with Crippen molar-refractivity contribution in [1.82, 2.24) is 19.1 Å². The lowest BCUT2D eigenvalue weighted by Gasteiger charge is -2.28. The number of nitrogens with zero attached hydrogens (tertiary/aromatic N) is 4. The van der Waals surface area contributed by atoms with E-state index in [2.05, 4.69) is 212 Å². The number of fused-ring (bicyclic) bond motifs is 2. The molecule has 0 saturated carbocycles. The summed E-state index contributed by atoms with van der Waals surface area (Å²) in [5.41, 5.74) is 16.5. The van der Waals surface area contributed by atoms with Crippen LogP contribution in [0.3, 0.4) is 0 Å². The maximum absolute atomic E-state index is 5.36. The molecule has 0 unspecified atom stereocenters. The lowest BCUT2D eigenvalue weighted by molar-refractivity contribution is 0.641. The van der Waals surface area contributed by atoms with E-state index in [1.807, 2.05) is 0 Å². The fraction of sp³-hybridized carbons (Fsp3) is 0.283. The largest absolute Gasteiger partial charge is 0.292 e. The first-order valence-electron chi connectivity index (χ1n) is 20.8. The van der Waals surface area contributed by atoms with Crippen molar-refractivity contribution in [2.24, 2.45) is 0 Å². The third-order valence-electron chi connectivity index (χ3n) is 11.9. The molecule has 8 aromatic rings. The molecule has 288 valence electrons. The maximum Gasteiger partial charge on any atom is 0.145 e. The van der Waals surface area contributed by atoms with Crippen LogP contribution in [0.25, 0.3) is 56.2 Å². The second-order valence-electron chi connectivity index (χ2n) is 17.5. The van der Waals surface area contributed by atoms with E-state index >= 15 is 0 Å². The fourth-order valence-electron chi connectivity index (χ4n) is 8.69. The monoisotopic (exact) mass is 748 g/mol.